The highest BCUT2D eigenvalue weighted by Crippen LogP contribution is 2.39. The third-order valence-electron chi connectivity index (χ3n) is 8.18. The van der Waals surface area contributed by atoms with E-state index in [0.717, 1.165) is 11.1 Å². The van der Waals surface area contributed by atoms with E-state index in [2.05, 4.69) is 4.74 Å². The van der Waals surface area contributed by atoms with Gasteiger partial charge in [0.2, 0.25) is 0 Å². The summed E-state index contributed by atoms with van der Waals surface area (Å²) in [5, 5.41) is 31.4. The minimum Gasteiger partial charge on any atom is -0.494 e. The number of ketones is 1. The average molecular weight is 533 g/mol. The molecular weight excluding hydrogens is 492 g/mol. The van der Waals surface area contributed by atoms with Gasteiger partial charge in [-0.25, -0.2) is 0 Å². The Hall–Kier alpha value is -2.30. The molecule has 2 heterocycles. The molecule has 8 atom stereocenters. The molecule has 3 N–H and O–H groups in total. The lowest BCUT2D eigenvalue weighted by molar-refractivity contribution is -0.165. The zero-order valence-electron chi connectivity index (χ0n) is 22.6. The van der Waals surface area contributed by atoms with Gasteiger partial charge >= 0.3 is 5.97 Å². The maximum absolute atomic E-state index is 13.1. The summed E-state index contributed by atoms with van der Waals surface area (Å²) in [6.07, 6.45) is -0.977. The van der Waals surface area contributed by atoms with Crippen LogP contribution in [-0.4, -0.2) is 84.0 Å². The molecule has 3 aliphatic rings. The molecule has 4 rings (SSSR count). The molecule has 2 aliphatic heterocycles. The molecule has 9 heteroatoms. The summed E-state index contributed by atoms with van der Waals surface area (Å²) in [6, 6.07) is 5.38. The lowest BCUT2D eigenvalue weighted by Gasteiger charge is -2.38. The van der Waals surface area contributed by atoms with E-state index in [4.69, 9.17) is 14.2 Å². The Morgan fingerprint density at radius 2 is 1.95 bits per heavy atom. The van der Waals surface area contributed by atoms with Gasteiger partial charge < -0.3 is 34.3 Å². The number of fused-ring (bicyclic) bond motifs is 1. The zero-order chi connectivity index (χ0) is 27.6. The first-order valence-corrected chi connectivity index (χ1v) is 13.5. The van der Waals surface area contributed by atoms with E-state index in [1.807, 2.05) is 19.9 Å². The third-order valence-corrected chi connectivity index (χ3v) is 8.18. The molecule has 0 amide bonds. The van der Waals surface area contributed by atoms with Crippen molar-refractivity contribution in [3.63, 3.8) is 0 Å². The Bertz CT molecular complexity index is 1050. The number of allylic oxidation sites excluding steroid dienone is 1. The first kappa shape index (κ1) is 28.7. The normalized spacial score (nSPS) is 31.4. The van der Waals surface area contributed by atoms with E-state index in [1.165, 1.54) is 7.11 Å². The Morgan fingerprint density at radius 3 is 2.66 bits per heavy atom. The maximum atomic E-state index is 13.1. The van der Waals surface area contributed by atoms with Crippen LogP contribution in [0.1, 0.15) is 62.4 Å². The van der Waals surface area contributed by atoms with Crippen molar-refractivity contribution < 1.29 is 43.9 Å². The number of esters is 1. The van der Waals surface area contributed by atoms with Gasteiger partial charge in [0.25, 0.3) is 0 Å². The molecule has 1 aliphatic carbocycles. The van der Waals surface area contributed by atoms with E-state index < -0.39 is 24.4 Å². The van der Waals surface area contributed by atoms with Gasteiger partial charge in [0.15, 0.2) is 5.78 Å². The summed E-state index contributed by atoms with van der Waals surface area (Å²) in [5.74, 6) is 0.0824. The van der Waals surface area contributed by atoms with Gasteiger partial charge in [-0.1, -0.05) is 12.5 Å². The molecule has 0 saturated carbocycles. The summed E-state index contributed by atoms with van der Waals surface area (Å²) in [4.78, 5) is 24.3. The Balaban J connectivity index is 1.31. The topological polar surface area (TPSA) is 135 Å². The molecule has 2 saturated heterocycles. The fourth-order valence-electron chi connectivity index (χ4n) is 5.45. The number of ether oxygens (including phenoxy) is 4. The smallest absolute Gasteiger partial charge is 0.305 e. The van der Waals surface area contributed by atoms with E-state index in [9.17, 15) is 24.9 Å². The van der Waals surface area contributed by atoms with Gasteiger partial charge in [-0.3, -0.25) is 9.59 Å². The summed E-state index contributed by atoms with van der Waals surface area (Å²) in [6.45, 7) is 6.22. The van der Waals surface area contributed by atoms with Gasteiger partial charge in [0.1, 0.15) is 11.9 Å². The van der Waals surface area contributed by atoms with Crippen molar-refractivity contribution in [2.45, 2.75) is 89.5 Å². The lowest BCUT2D eigenvalue weighted by atomic mass is 9.85. The highest BCUT2D eigenvalue weighted by molar-refractivity contribution is 6.13. The second-order valence-electron chi connectivity index (χ2n) is 10.9. The number of aliphatic hydroxyl groups is 3. The Kier molecular flexibility index (Phi) is 9.26. The average Bonchev–Trinajstić information content (AvgIpc) is 3.59. The summed E-state index contributed by atoms with van der Waals surface area (Å²) >= 11 is 0. The Labute approximate surface area is 223 Å². The number of carbonyl (C=O) groups excluding carboxylic acids is 2. The largest absolute Gasteiger partial charge is 0.494 e. The molecule has 0 spiro atoms. The van der Waals surface area contributed by atoms with Crippen LogP contribution in [0.3, 0.4) is 0 Å². The standard InChI is InChI=1S/C29H40O9/c1-15(10-23-28(34)26(32)19(14-37-23)13-24-29(38-24)16(2)17(3)30)22-12-18-11-20(7-8-21(18)27(22)33)36-9-5-6-25(31)35-4/h7-8,11,16-17,19,23-24,26,28-30,32,34H,5-6,9-10,12-14H2,1-4H3/b22-15+/t16-,17-,19-,23-,24-,26+,28-,29-/m0/s1. The van der Waals surface area contributed by atoms with Crippen LogP contribution in [0.2, 0.25) is 0 Å². The summed E-state index contributed by atoms with van der Waals surface area (Å²) in [5.41, 5.74) is 3.02. The molecule has 0 aromatic heterocycles. The van der Waals surface area contributed by atoms with Crippen molar-refractivity contribution in [2.24, 2.45) is 11.8 Å². The van der Waals surface area contributed by atoms with Crippen molar-refractivity contribution in [1.29, 1.82) is 0 Å². The number of epoxide rings is 1. The maximum Gasteiger partial charge on any atom is 0.305 e. The summed E-state index contributed by atoms with van der Waals surface area (Å²) in [7, 11) is 1.36. The number of carbonyl (C=O) groups is 2. The van der Waals surface area contributed by atoms with E-state index in [-0.39, 0.29) is 42.2 Å². The predicted octanol–water partition coefficient (Wildman–Crippen LogP) is 2.38. The highest BCUT2D eigenvalue weighted by Gasteiger charge is 2.48. The molecule has 0 bridgehead atoms. The fraction of sp³-hybridized carbons (Fsp3) is 0.655. The molecule has 0 unspecified atom stereocenters. The number of Topliss-reactive ketones (excluding diaryl/α,β-unsaturated/α-hetero) is 1. The first-order chi connectivity index (χ1) is 18.1. The number of aliphatic hydroxyl groups excluding tert-OH is 3. The third kappa shape index (κ3) is 6.46. The van der Waals surface area contributed by atoms with Crippen molar-refractivity contribution in [2.75, 3.05) is 20.3 Å². The molecule has 1 aromatic carbocycles. The van der Waals surface area contributed by atoms with Crippen molar-refractivity contribution in [3.8, 4) is 5.75 Å². The predicted molar refractivity (Wildman–Crippen MR) is 138 cm³/mol. The highest BCUT2D eigenvalue weighted by atomic mass is 16.6. The van der Waals surface area contributed by atoms with Crippen LogP contribution in [-0.2, 0) is 25.4 Å². The van der Waals surface area contributed by atoms with Crippen LogP contribution in [0, 0.1) is 11.8 Å². The van der Waals surface area contributed by atoms with Crippen LogP contribution < -0.4 is 4.74 Å². The lowest BCUT2D eigenvalue weighted by Crippen LogP contribution is -2.50. The first-order valence-electron chi connectivity index (χ1n) is 13.5. The SMILES string of the molecule is COC(=O)CCCOc1ccc2c(c1)C/C(=C(/C)C[C@@H]1OC[C@H](C[C@@H]3O[C@H]3[C@@H](C)[C@H](C)O)[C@@H](O)[C@H]1O)C2=O. The molecule has 0 radical (unpaired) electrons. The van der Waals surface area contributed by atoms with Crippen LogP contribution in [0.4, 0.5) is 0 Å². The number of hydrogen-bond donors (Lipinski definition) is 3. The monoisotopic (exact) mass is 532 g/mol. The van der Waals surface area contributed by atoms with E-state index in [1.54, 1.807) is 19.1 Å². The van der Waals surface area contributed by atoms with Crippen LogP contribution in [0.5, 0.6) is 5.75 Å². The molecule has 9 nitrogen and oxygen atoms in total. The van der Waals surface area contributed by atoms with Gasteiger partial charge in [0.05, 0.1) is 50.8 Å². The molecule has 2 fully saturated rings. The minimum atomic E-state index is -1.07. The minimum absolute atomic E-state index is 0.0101. The number of methoxy groups -OCH3 is 1. The quantitative estimate of drug-likeness (QED) is 0.170. The van der Waals surface area contributed by atoms with Crippen molar-refractivity contribution >= 4 is 11.8 Å². The molecule has 1 aromatic rings. The fourth-order valence-corrected chi connectivity index (χ4v) is 5.45. The Morgan fingerprint density at radius 1 is 1.18 bits per heavy atom. The number of benzene rings is 1. The molecule has 38 heavy (non-hydrogen) atoms. The van der Waals surface area contributed by atoms with Crippen LogP contribution >= 0.6 is 0 Å². The van der Waals surface area contributed by atoms with Gasteiger partial charge in [-0.15, -0.1) is 0 Å². The summed E-state index contributed by atoms with van der Waals surface area (Å²) < 4.78 is 22.0. The van der Waals surface area contributed by atoms with Gasteiger partial charge in [-0.05, 0) is 56.9 Å². The molecular formula is C29H40O9. The molecule has 210 valence electrons. The number of hydrogen-bond acceptors (Lipinski definition) is 9. The second kappa shape index (κ2) is 12.3. The zero-order valence-corrected chi connectivity index (χ0v) is 22.6. The van der Waals surface area contributed by atoms with E-state index >= 15 is 0 Å². The van der Waals surface area contributed by atoms with Crippen LogP contribution in [0.15, 0.2) is 29.3 Å². The second-order valence-corrected chi connectivity index (χ2v) is 10.9. The van der Waals surface area contributed by atoms with Crippen molar-refractivity contribution in [1.82, 2.24) is 0 Å². The van der Waals surface area contributed by atoms with E-state index in [0.29, 0.717) is 55.8 Å². The van der Waals surface area contributed by atoms with Crippen LogP contribution in [0.25, 0.3) is 0 Å². The van der Waals surface area contributed by atoms with Crippen molar-refractivity contribution in [3.05, 3.63) is 40.5 Å². The van der Waals surface area contributed by atoms with Gasteiger partial charge in [0, 0.05) is 35.8 Å². The van der Waals surface area contributed by atoms with Gasteiger partial charge in [-0.2, -0.15) is 0 Å². The number of rotatable bonds is 11.